The molecule has 0 aliphatic heterocycles. The fourth-order valence-electron chi connectivity index (χ4n) is 2.36. The zero-order valence-electron chi connectivity index (χ0n) is 12.5. The Bertz CT molecular complexity index is 676. The zero-order valence-corrected chi connectivity index (χ0v) is 12.5. The molecule has 0 saturated carbocycles. The Labute approximate surface area is 131 Å². The molecule has 3 aromatic rings. The molecule has 110 valence electrons. The van der Waals surface area contributed by atoms with E-state index in [0.29, 0.717) is 0 Å². The first-order chi connectivity index (χ1) is 10.9. The maximum atomic E-state index is 3.46. The van der Waals surface area contributed by atoms with Crippen molar-refractivity contribution in [3.8, 4) is 0 Å². The summed E-state index contributed by atoms with van der Waals surface area (Å²) in [6, 6.07) is 29.1. The van der Waals surface area contributed by atoms with Gasteiger partial charge in [-0.05, 0) is 48.4 Å². The zero-order chi connectivity index (χ0) is 15.0. The molecule has 2 N–H and O–H groups in total. The molecule has 3 rings (SSSR count). The van der Waals surface area contributed by atoms with Gasteiger partial charge in [-0.2, -0.15) is 0 Å². The van der Waals surface area contributed by atoms with E-state index in [1.54, 1.807) is 0 Å². The van der Waals surface area contributed by atoms with E-state index in [1.165, 1.54) is 5.56 Å². The van der Waals surface area contributed by atoms with Gasteiger partial charge in [0.15, 0.2) is 0 Å². The molecule has 2 heteroatoms. The van der Waals surface area contributed by atoms with Crippen molar-refractivity contribution >= 4 is 17.1 Å². The van der Waals surface area contributed by atoms with Crippen LogP contribution in [0.5, 0.6) is 0 Å². The van der Waals surface area contributed by atoms with Crippen LogP contribution in [0.4, 0.5) is 17.1 Å². The van der Waals surface area contributed by atoms with Crippen LogP contribution in [0, 0.1) is 0 Å². The van der Waals surface area contributed by atoms with Crippen LogP contribution in [0.15, 0.2) is 84.9 Å². The Hall–Kier alpha value is -2.74. The van der Waals surface area contributed by atoms with Gasteiger partial charge in [0.2, 0.25) is 0 Å². The third kappa shape index (κ3) is 4.13. The molecule has 0 aromatic heterocycles. The highest BCUT2D eigenvalue weighted by molar-refractivity contribution is 5.62. The van der Waals surface area contributed by atoms with Crippen molar-refractivity contribution in [2.24, 2.45) is 0 Å². The predicted octanol–water partition coefficient (Wildman–Crippen LogP) is 5.08. The lowest BCUT2D eigenvalue weighted by Crippen LogP contribution is -2.04. The molecule has 0 aliphatic carbocycles. The van der Waals surface area contributed by atoms with Gasteiger partial charge in [0.1, 0.15) is 0 Å². The molecule has 3 aromatic carbocycles. The molecular weight excluding hydrogens is 268 g/mol. The number of benzene rings is 3. The molecule has 0 atom stereocenters. The Morgan fingerprint density at radius 2 is 1.09 bits per heavy atom. The quantitative estimate of drug-likeness (QED) is 0.660. The van der Waals surface area contributed by atoms with E-state index in [4.69, 9.17) is 0 Å². The molecule has 0 fully saturated rings. The lowest BCUT2D eigenvalue weighted by Gasteiger charge is -2.09. The summed E-state index contributed by atoms with van der Waals surface area (Å²) in [5.41, 5.74) is 4.71. The smallest absolute Gasteiger partial charge is 0.0385 e. The number of nitrogens with one attached hydrogen (secondary N) is 2. The van der Waals surface area contributed by atoms with E-state index < -0.39 is 0 Å². The normalized spacial score (nSPS) is 10.2. The Balaban J connectivity index is 1.51. The molecule has 0 saturated heterocycles. The number of rotatable bonds is 6. The summed E-state index contributed by atoms with van der Waals surface area (Å²) in [6.45, 7) is 0.940. The summed E-state index contributed by atoms with van der Waals surface area (Å²) in [5.74, 6) is 0. The number of hydrogen-bond acceptors (Lipinski definition) is 2. The van der Waals surface area contributed by atoms with Crippen LogP contribution < -0.4 is 10.6 Å². The third-order valence-electron chi connectivity index (χ3n) is 3.53. The summed E-state index contributed by atoms with van der Waals surface area (Å²) < 4.78 is 0. The molecule has 0 amide bonds. The minimum absolute atomic E-state index is 0.940. The van der Waals surface area contributed by atoms with Crippen molar-refractivity contribution in [2.45, 2.75) is 6.42 Å². The highest BCUT2D eigenvalue weighted by atomic mass is 14.9. The maximum absolute atomic E-state index is 3.46. The van der Waals surface area contributed by atoms with Crippen LogP contribution in [0.3, 0.4) is 0 Å². The van der Waals surface area contributed by atoms with Gasteiger partial charge in [0.05, 0.1) is 0 Å². The predicted molar refractivity (Wildman–Crippen MR) is 94.8 cm³/mol. The standard InChI is InChI=1S/C20H20N2/c1-3-7-17(8-4-1)15-16-21-18-11-13-20(14-12-18)22-19-9-5-2-6-10-19/h1-14,21-22H,15-16H2. The van der Waals surface area contributed by atoms with Gasteiger partial charge < -0.3 is 10.6 Å². The molecule has 0 radical (unpaired) electrons. The molecule has 0 bridgehead atoms. The minimum atomic E-state index is 0.940. The van der Waals surface area contributed by atoms with Crippen molar-refractivity contribution in [1.29, 1.82) is 0 Å². The van der Waals surface area contributed by atoms with Crippen LogP contribution in [-0.2, 0) is 6.42 Å². The lowest BCUT2D eigenvalue weighted by molar-refractivity contribution is 1.02. The highest BCUT2D eigenvalue weighted by Crippen LogP contribution is 2.18. The summed E-state index contributed by atoms with van der Waals surface area (Å²) in [4.78, 5) is 0. The lowest BCUT2D eigenvalue weighted by atomic mass is 10.1. The van der Waals surface area contributed by atoms with Crippen LogP contribution >= 0.6 is 0 Å². The Kier molecular flexibility index (Phi) is 4.73. The van der Waals surface area contributed by atoms with E-state index in [2.05, 4.69) is 77.4 Å². The third-order valence-corrected chi connectivity index (χ3v) is 3.53. The van der Waals surface area contributed by atoms with Gasteiger partial charge in [-0.1, -0.05) is 48.5 Å². The number of anilines is 3. The number of para-hydroxylation sites is 1. The summed E-state index contributed by atoms with van der Waals surface area (Å²) in [5, 5.41) is 6.84. The second-order valence-electron chi connectivity index (χ2n) is 5.23. The number of hydrogen-bond donors (Lipinski definition) is 2. The first-order valence-electron chi connectivity index (χ1n) is 7.60. The molecule has 0 heterocycles. The van der Waals surface area contributed by atoms with E-state index >= 15 is 0 Å². The van der Waals surface area contributed by atoms with E-state index in [-0.39, 0.29) is 0 Å². The Morgan fingerprint density at radius 3 is 1.77 bits per heavy atom. The molecule has 2 nitrogen and oxygen atoms in total. The van der Waals surface area contributed by atoms with Crippen molar-refractivity contribution in [2.75, 3.05) is 17.2 Å². The van der Waals surface area contributed by atoms with Crippen molar-refractivity contribution in [3.63, 3.8) is 0 Å². The monoisotopic (exact) mass is 288 g/mol. The minimum Gasteiger partial charge on any atom is -0.385 e. The van der Waals surface area contributed by atoms with Crippen LogP contribution in [-0.4, -0.2) is 6.54 Å². The van der Waals surface area contributed by atoms with E-state index in [1.807, 2.05) is 18.2 Å². The topological polar surface area (TPSA) is 24.1 Å². The SMILES string of the molecule is c1ccc(CCNc2ccc(Nc3ccccc3)cc2)cc1. The van der Waals surface area contributed by atoms with Crippen molar-refractivity contribution < 1.29 is 0 Å². The second-order valence-corrected chi connectivity index (χ2v) is 5.23. The van der Waals surface area contributed by atoms with Gasteiger partial charge >= 0.3 is 0 Å². The molecule has 0 aliphatic rings. The van der Waals surface area contributed by atoms with E-state index in [9.17, 15) is 0 Å². The molecule has 0 spiro atoms. The van der Waals surface area contributed by atoms with Crippen LogP contribution in [0.2, 0.25) is 0 Å². The average molecular weight is 288 g/mol. The first kappa shape index (κ1) is 14.2. The summed E-state index contributed by atoms with van der Waals surface area (Å²) >= 11 is 0. The first-order valence-corrected chi connectivity index (χ1v) is 7.60. The van der Waals surface area contributed by atoms with Gasteiger partial charge in [0.25, 0.3) is 0 Å². The van der Waals surface area contributed by atoms with E-state index in [0.717, 1.165) is 30.0 Å². The maximum Gasteiger partial charge on any atom is 0.0385 e. The fourth-order valence-corrected chi connectivity index (χ4v) is 2.36. The van der Waals surface area contributed by atoms with Gasteiger partial charge in [-0.25, -0.2) is 0 Å². The summed E-state index contributed by atoms with van der Waals surface area (Å²) in [6.07, 6.45) is 1.03. The highest BCUT2D eigenvalue weighted by Gasteiger charge is 1.96. The van der Waals surface area contributed by atoms with Gasteiger partial charge in [-0.15, -0.1) is 0 Å². The molecule has 22 heavy (non-hydrogen) atoms. The fraction of sp³-hybridized carbons (Fsp3) is 0.100. The largest absolute Gasteiger partial charge is 0.385 e. The van der Waals surface area contributed by atoms with Gasteiger partial charge in [-0.3, -0.25) is 0 Å². The van der Waals surface area contributed by atoms with Crippen LogP contribution in [0.1, 0.15) is 5.56 Å². The molecular formula is C20H20N2. The van der Waals surface area contributed by atoms with Crippen molar-refractivity contribution in [1.82, 2.24) is 0 Å². The van der Waals surface area contributed by atoms with Crippen molar-refractivity contribution in [3.05, 3.63) is 90.5 Å². The average Bonchev–Trinajstić information content (AvgIpc) is 2.58. The van der Waals surface area contributed by atoms with Crippen LogP contribution in [0.25, 0.3) is 0 Å². The second kappa shape index (κ2) is 7.32. The summed E-state index contributed by atoms with van der Waals surface area (Å²) in [7, 11) is 0. The van der Waals surface area contributed by atoms with Gasteiger partial charge in [0, 0.05) is 23.6 Å². The molecule has 0 unspecified atom stereocenters. The Morgan fingerprint density at radius 1 is 0.545 bits per heavy atom.